The molecular formula is C86H125N21O23S2. The van der Waals surface area contributed by atoms with E-state index < -0.39 is 272 Å². The Morgan fingerprint density at radius 3 is 1.07 bits per heavy atom. The molecule has 132 heavy (non-hydrogen) atoms. The monoisotopic (exact) mass is 1880 g/mol. The van der Waals surface area contributed by atoms with Gasteiger partial charge in [-0.15, -0.1) is 0 Å². The first-order valence-electron chi connectivity index (χ1n) is 42.8. The maximum absolute atomic E-state index is 15.1. The number of imidazole rings is 1. The summed E-state index contributed by atoms with van der Waals surface area (Å²) in [5.41, 5.74) is 29.7. The number of benzene rings is 3. The van der Waals surface area contributed by atoms with E-state index in [1.54, 1.807) is 93.9 Å². The molecule has 0 fully saturated rings. The number of nitrogens with two attached hydrogens (primary N) is 5. The quantitative estimate of drug-likeness (QED) is 0.0200. The smallest absolute Gasteiger partial charge is 0.326 e. The summed E-state index contributed by atoms with van der Waals surface area (Å²) < 4.78 is 0. The number of H-pyrrole nitrogens is 1. The molecule has 0 aliphatic rings. The van der Waals surface area contributed by atoms with Crippen LogP contribution in [0.1, 0.15) is 148 Å². The summed E-state index contributed by atoms with van der Waals surface area (Å²) in [7, 11) is 0. The van der Waals surface area contributed by atoms with E-state index in [4.69, 9.17) is 28.7 Å². The predicted octanol–water partition coefficient (Wildman–Crippen LogP) is -3.99. The topological polar surface area (TPSA) is 729 Å². The molecule has 0 saturated carbocycles. The molecule has 1 heterocycles. The maximum atomic E-state index is 15.1. The molecule has 0 aliphatic heterocycles. The van der Waals surface area contributed by atoms with Crippen LogP contribution in [0.5, 0.6) is 5.75 Å². The number of hydrogen-bond donors (Lipinski definition) is 23. The van der Waals surface area contributed by atoms with Gasteiger partial charge in [0.15, 0.2) is 0 Å². The Morgan fingerprint density at radius 2 is 0.697 bits per heavy atom. The molecule has 44 nitrogen and oxygen atoms in total. The zero-order valence-electron chi connectivity index (χ0n) is 75.0. The Balaban J connectivity index is 1.66. The second-order valence-corrected chi connectivity index (χ2v) is 34.2. The van der Waals surface area contributed by atoms with Crippen molar-refractivity contribution in [1.29, 1.82) is 0 Å². The number of carbonyl (C=O) groups excluding carboxylic acids is 18. The van der Waals surface area contributed by atoms with Gasteiger partial charge in [-0.05, 0) is 110 Å². The molecule has 0 radical (unpaired) electrons. The number of aromatic amines is 1. The number of carboxylic acids is 2. The number of carbonyl (C=O) groups is 20. The molecule has 0 aliphatic carbocycles. The van der Waals surface area contributed by atoms with Crippen LogP contribution in [0.2, 0.25) is 0 Å². The van der Waals surface area contributed by atoms with Gasteiger partial charge in [-0.3, -0.25) is 91.1 Å². The molecule has 0 bridgehead atoms. The number of nitrogens with zero attached hydrogens (tertiary/aromatic N) is 1. The van der Waals surface area contributed by atoms with Crippen LogP contribution in [-0.4, -0.2) is 258 Å². The number of hydrogen-bond acceptors (Lipinski definition) is 25. The number of rotatable bonds is 61. The van der Waals surface area contributed by atoms with Crippen molar-refractivity contribution in [3.63, 3.8) is 0 Å². The minimum atomic E-state index is -2.02. The number of nitrogens with one attached hydrogen (secondary N) is 15. The first-order valence-corrected chi connectivity index (χ1v) is 45.6. The lowest BCUT2D eigenvalue weighted by molar-refractivity contribution is -0.144. The van der Waals surface area contributed by atoms with Gasteiger partial charge in [-0.25, -0.2) is 9.78 Å². The van der Waals surface area contributed by atoms with Crippen molar-refractivity contribution in [3.8, 4) is 5.75 Å². The normalized spacial score (nSPS) is 15.0. The van der Waals surface area contributed by atoms with E-state index in [0.29, 0.717) is 28.9 Å². The van der Waals surface area contributed by atoms with Gasteiger partial charge in [-0.2, -0.15) is 23.5 Å². The third kappa shape index (κ3) is 40.0. The third-order valence-electron chi connectivity index (χ3n) is 21.0. The molecule has 0 unspecified atom stereocenters. The number of amides is 18. The zero-order valence-corrected chi connectivity index (χ0v) is 76.6. The summed E-state index contributed by atoms with van der Waals surface area (Å²) in [6.07, 6.45) is -0.202. The van der Waals surface area contributed by atoms with Crippen LogP contribution < -0.4 is 103 Å². The van der Waals surface area contributed by atoms with E-state index >= 15 is 4.79 Å². The zero-order chi connectivity index (χ0) is 98.6. The Kier molecular flexibility index (Phi) is 48.0. The Hall–Kier alpha value is -13.3. The second-order valence-electron chi connectivity index (χ2n) is 32.2. The predicted molar refractivity (Wildman–Crippen MR) is 484 cm³/mol. The largest absolute Gasteiger partial charge is 0.508 e. The minimum Gasteiger partial charge on any atom is -0.508 e. The van der Waals surface area contributed by atoms with E-state index in [1.807, 2.05) is 13.8 Å². The van der Waals surface area contributed by atoms with Gasteiger partial charge in [-0.1, -0.05) is 127 Å². The van der Waals surface area contributed by atoms with E-state index in [2.05, 4.69) is 84.4 Å². The van der Waals surface area contributed by atoms with Crippen LogP contribution >= 0.6 is 23.5 Å². The molecule has 4 rings (SSSR count). The SMILES string of the molecule is CC[C@H](C)[C@H](NC(=O)[C@H](Cc1ccccc1)NC(=O)[C@H](CCSC)NC(=O)[C@H](Cc1ccc(O)cc1)NC(=O)[C@H](Cc1ccccc1)NC(=O)[C@H](CCC(N)=O)NC(=O)[C@H](CC(N)=O)NC(=O)[C@@H](NC(=O)[C@H](Cc1c[nH]cn1)NC(=O)[C@H](CCC(=O)O)NC(=O)[C@H](C)NC(=O)[C@H](CC(N)=O)NC(=O)[C@H](CC(N)=O)NC(=O)[C@H](CCSC)NC(=O)[C@@H](N)CC(C)C)[C@@H](C)CC)C(=O)O. The highest BCUT2D eigenvalue weighted by Crippen LogP contribution is 2.19. The molecule has 3 aromatic carbocycles. The molecule has 4 aromatic rings. The number of thioether (sulfide) groups is 2. The molecule has 46 heteroatoms. The highest BCUT2D eigenvalue weighted by atomic mass is 32.2. The lowest BCUT2D eigenvalue weighted by Crippen LogP contribution is -2.62. The molecule has 0 spiro atoms. The van der Waals surface area contributed by atoms with Crippen molar-refractivity contribution in [2.45, 2.75) is 242 Å². The average Bonchev–Trinajstić information content (AvgIpc) is 1.60. The number of aliphatic carboxylic acids is 2. The first kappa shape index (κ1) is 111. The van der Waals surface area contributed by atoms with Crippen LogP contribution in [-0.2, 0) is 122 Å². The van der Waals surface area contributed by atoms with E-state index in [-0.39, 0.29) is 68.1 Å². The van der Waals surface area contributed by atoms with Crippen molar-refractivity contribution in [3.05, 3.63) is 120 Å². The van der Waals surface area contributed by atoms with E-state index in [1.165, 1.54) is 67.2 Å². The Morgan fingerprint density at radius 1 is 0.371 bits per heavy atom. The highest BCUT2D eigenvalue weighted by Gasteiger charge is 2.41. The lowest BCUT2D eigenvalue weighted by atomic mass is 9.96. The number of phenolic OH excluding ortho intramolecular Hbond substituents is 1. The van der Waals surface area contributed by atoms with Crippen molar-refractivity contribution in [2.24, 2.45) is 46.4 Å². The molecule has 724 valence electrons. The molecule has 18 amide bonds. The van der Waals surface area contributed by atoms with Crippen molar-refractivity contribution in [1.82, 2.24) is 84.4 Å². The van der Waals surface area contributed by atoms with Gasteiger partial charge in [0, 0.05) is 44.7 Å². The first-order chi connectivity index (χ1) is 62.4. The molecule has 1 aromatic heterocycles. The number of aromatic nitrogens is 2. The second kappa shape index (κ2) is 57.0. The van der Waals surface area contributed by atoms with Gasteiger partial charge in [0.25, 0.3) is 0 Å². The van der Waals surface area contributed by atoms with Gasteiger partial charge in [0.1, 0.15) is 90.3 Å². The van der Waals surface area contributed by atoms with Crippen LogP contribution in [0.4, 0.5) is 0 Å². The summed E-state index contributed by atoms with van der Waals surface area (Å²) in [4.78, 5) is 283. The molecule has 28 N–H and O–H groups in total. The Bertz CT molecular complexity index is 4600. The van der Waals surface area contributed by atoms with Gasteiger partial charge in [0.2, 0.25) is 106 Å². The summed E-state index contributed by atoms with van der Waals surface area (Å²) >= 11 is 2.62. The van der Waals surface area contributed by atoms with Crippen molar-refractivity contribution >= 4 is 142 Å². The third-order valence-corrected chi connectivity index (χ3v) is 22.3. The molecule has 17 atom stereocenters. The van der Waals surface area contributed by atoms with Crippen LogP contribution in [0.15, 0.2) is 97.5 Å². The summed E-state index contributed by atoms with van der Waals surface area (Å²) in [6, 6.07) is -2.46. The van der Waals surface area contributed by atoms with Gasteiger partial charge in [0.05, 0.1) is 37.3 Å². The Labute approximate surface area is 771 Å². The fourth-order valence-electron chi connectivity index (χ4n) is 13.3. The minimum absolute atomic E-state index is 0.00458. The van der Waals surface area contributed by atoms with E-state index in [9.17, 15) is 106 Å². The standard InChI is InChI=1S/C86H125N21O23S2/c1-10-45(5)70(106-84(127)61(38-51-42-92-43-93-51)102-75(118)55(27-29-69(113)114)95-72(115)47(7)94-78(121)62(39-66(89)110)104-82(125)63(40-67(90)111)103-76(119)56(30-32-131-8)96-73(116)53(87)34-44(3)4)85(128)105-64(41-68(91)112)81(124)97-54(26-28-65(88)109)74(117)99-58(35-48-18-14-12-15-19-48)80(123)101-59(37-50-22-24-52(108)25-23-50)79(122)98-57(31-33-132-9)77(120)100-60(36-49-20-16-13-17-21-49)83(126)107-71(86(129)130)46(6)11-2/h12-25,42-47,53-64,70-71,108H,10-11,26-41,87H2,1-9H3,(H2,88,109)(H2,89,110)(H2,90,111)(H2,91,112)(H,92,93)(H,94,121)(H,95,115)(H,96,116)(H,97,124)(H,98,122)(H,99,117)(H,100,120)(H,101,123)(H,102,118)(H,103,119)(H,104,125)(H,105,128)(H,106,127)(H,107,126)(H,113,114)(H,129,130)/t45-,46-,47-,53-,54-,55-,56-,57-,58-,59-,60-,61-,62-,63-,64-,70-,71-/m0/s1. The molecular weight excluding hydrogens is 1760 g/mol. The number of carboxylic acid groups (broad SMARTS) is 2. The van der Waals surface area contributed by atoms with Gasteiger partial charge < -0.3 is 123 Å². The molecule has 0 saturated heterocycles. The number of phenols is 1. The van der Waals surface area contributed by atoms with Crippen LogP contribution in [0, 0.1) is 17.8 Å². The highest BCUT2D eigenvalue weighted by molar-refractivity contribution is 7.98. The number of primary amides is 4. The number of aromatic hydroxyl groups is 1. The average molecular weight is 1890 g/mol. The lowest BCUT2D eigenvalue weighted by Gasteiger charge is -2.29. The van der Waals surface area contributed by atoms with E-state index in [0.717, 1.165) is 6.92 Å². The van der Waals surface area contributed by atoms with Crippen molar-refractivity contribution < 1.29 is 111 Å². The summed E-state index contributed by atoms with van der Waals surface area (Å²) in [5, 5.41) is 64.7. The summed E-state index contributed by atoms with van der Waals surface area (Å²) in [5.74, 6) is -23.5. The van der Waals surface area contributed by atoms with Crippen LogP contribution in [0.3, 0.4) is 0 Å². The summed E-state index contributed by atoms with van der Waals surface area (Å²) in [6.45, 7) is 11.2. The van der Waals surface area contributed by atoms with Gasteiger partial charge >= 0.3 is 11.9 Å². The van der Waals surface area contributed by atoms with Crippen LogP contribution in [0.25, 0.3) is 0 Å². The fraction of sp³-hybridized carbons (Fsp3) is 0.523. The fourth-order valence-corrected chi connectivity index (χ4v) is 14.2. The van der Waals surface area contributed by atoms with Crippen molar-refractivity contribution in [2.75, 3.05) is 24.0 Å². The maximum Gasteiger partial charge on any atom is 0.326 e.